The number of carbonyl (C=O) groups is 2. The molecule has 1 aliphatic rings. The first kappa shape index (κ1) is 14.3. The highest BCUT2D eigenvalue weighted by Crippen LogP contribution is 2.38. The second-order valence-electron chi connectivity index (χ2n) is 4.70. The Hall–Kier alpha value is -2.11. The summed E-state index contributed by atoms with van der Waals surface area (Å²) >= 11 is 0. The number of halogens is 1. The van der Waals surface area contributed by atoms with Crippen LogP contribution in [0.4, 0.5) is 4.39 Å². The first-order valence-corrected chi connectivity index (χ1v) is 6.44. The molecule has 5 nitrogen and oxygen atoms in total. The van der Waals surface area contributed by atoms with Crippen LogP contribution >= 0.6 is 0 Å². The van der Waals surface area contributed by atoms with Gasteiger partial charge < -0.3 is 15.2 Å². The molecule has 1 aliphatic carbocycles. The number of rotatable bonds is 6. The first-order chi connectivity index (χ1) is 9.52. The van der Waals surface area contributed by atoms with Crippen LogP contribution in [0.2, 0.25) is 0 Å². The Bertz CT molecular complexity index is 532. The van der Waals surface area contributed by atoms with Gasteiger partial charge in [0.25, 0.3) is 0 Å². The summed E-state index contributed by atoms with van der Waals surface area (Å²) in [5.41, 5.74) is 0.604. The zero-order valence-electron chi connectivity index (χ0n) is 11.1. The minimum absolute atomic E-state index is 0.172. The van der Waals surface area contributed by atoms with Crippen LogP contribution in [0.1, 0.15) is 18.9 Å². The summed E-state index contributed by atoms with van der Waals surface area (Å²) in [6, 6.07) is 4.47. The summed E-state index contributed by atoms with van der Waals surface area (Å²) in [5, 5.41) is 11.3. The number of carboxylic acid groups (broad SMARTS) is 1. The van der Waals surface area contributed by atoms with E-state index in [4.69, 9.17) is 9.84 Å². The molecular weight excluding hydrogens is 265 g/mol. The maximum Gasteiger partial charge on any atom is 0.307 e. The van der Waals surface area contributed by atoms with Crippen molar-refractivity contribution in [2.75, 3.05) is 6.61 Å². The normalized spacial score (nSPS) is 20.3. The Kier molecular flexibility index (Phi) is 4.22. The molecule has 0 aliphatic heterocycles. The van der Waals surface area contributed by atoms with Crippen molar-refractivity contribution < 1.29 is 23.8 Å². The van der Waals surface area contributed by atoms with Gasteiger partial charge in [-0.2, -0.15) is 0 Å². The minimum Gasteiger partial charge on any atom is -0.491 e. The Labute approximate surface area is 115 Å². The molecule has 0 radical (unpaired) electrons. The maximum absolute atomic E-state index is 13.6. The lowest BCUT2D eigenvalue weighted by Crippen LogP contribution is -2.25. The van der Waals surface area contributed by atoms with Crippen molar-refractivity contribution >= 4 is 11.9 Å². The Morgan fingerprint density at radius 2 is 2.20 bits per heavy atom. The van der Waals surface area contributed by atoms with E-state index in [1.807, 2.05) is 0 Å². The molecule has 1 fully saturated rings. The van der Waals surface area contributed by atoms with Crippen LogP contribution in [0.3, 0.4) is 0 Å². The van der Waals surface area contributed by atoms with Gasteiger partial charge in [0.1, 0.15) is 0 Å². The number of ether oxygens (including phenoxy) is 1. The number of nitrogens with one attached hydrogen (secondary N) is 1. The Balaban J connectivity index is 1.87. The molecule has 6 heteroatoms. The fourth-order valence-corrected chi connectivity index (χ4v) is 2.00. The summed E-state index contributed by atoms with van der Waals surface area (Å²) in [5.74, 6) is -2.58. The number of benzene rings is 1. The van der Waals surface area contributed by atoms with E-state index in [0.717, 1.165) is 0 Å². The van der Waals surface area contributed by atoms with Gasteiger partial charge in [-0.15, -0.1) is 0 Å². The van der Waals surface area contributed by atoms with Gasteiger partial charge in [-0.25, -0.2) is 4.39 Å². The topological polar surface area (TPSA) is 75.6 Å². The second kappa shape index (κ2) is 5.90. The molecular formula is C14H16FNO4. The molecule has 2 atom stereocenters. The maximum atomic E-state index is 13.6. The number of carbonyl (C=O) groups excluding carboxylic acids is 1. The van der Waals surface area contributed by atoms with Crippen molar-refractivity contribution in [1.82, 2.24) is 5.32 Å². The Morgan fingerprint density at radius 3 is 2.75 bits per heavy atom. The molecule has 2 rings (SSSR count). The van der Waals surface area contributed by atoms with Gasteiger partial charge >= 0.3 is 5.97 Å². The van der Waals surface area contributed by atoms with Gasteiger partial charge in [0.15, 0.2) is 11.6 Å². The highest BCUT2D eigenvalue weighted by molar-refractivity contribution is 5.89. The van der Waals surface area contributed by atoms with Gasteiger partial charge in [0.2, 0.25) is 5.91 Å². The van der Waals surface area contributed by atoms with Crippen LogP contribution < -0.4 is 10.1 Å². The van der Waals surface area contributed by atoms with Crippen LogP contribution in [0.25, 0.3) is 0 Å². The number of hydrogen-bond donors (Lipinski definition) is 2. The number of carboxylic acids is 1. The lowest BCUT2D eigenvalue weighted by Gasteiger charge is -2.08. The zero-order valence-corrected chi connectivity index (χ0v) is 11.1. The lowest BCUT2D eigenvalue weighted by molar-refractivity contribution is -0.140. The van der Waals surface area contributed by atoms with Crippen LogP contribution in [-0.4, -0.2) is 23.6 Å². The van der Waals surface area contributed by atoms with Gasteiger partial charge in [0, 0.05) is 6.54 Å². The van der Waals surface area contributed by atoms with E-state index in [1.54, 1.807) is 13.0 Å². The standard InChI is InChI=1S/C14H16FNO4/c1-2-20-12-4-3-8(5-11(12)15)7-16-13(17)9-6-10(9)14(18)19/h3-5,9-10H,2,6-7H2,1H3,(H,16,17)(H,18,19)/t9-,10-/m0/s1. The molecule has 0 heterocycles. The zero-order chi connectivity index (χ0) is 14.7. The van der Waals surface area contributed by atoms with Crippen LogP contribution in [0.15, 0.2) is 18.2 Å². The number of hydrogen-bond acceptors (Lipinski definition) is 3. The van der Waals surface area contributed by atoms with E-state index in [9.17, 15) is 14.0 Å². The molecule has 1 aromatic carbocycles. The third kappa shape index (κ3) is 3.26. The summed E-state index contributed by atoms with van der Waals surface area (Å²) in [4.78, 5) is 22.3. The molecule has 1 amide bonds. The van der Waals surface area contributed by atoms with E-state index in [2.05, 4.69) is 5.32 Å². The van der Waals surface area contributed by atoms with Gasteiger partial charge in [-0.3, -0.25) is 9.59 Å². The molecule has 108 valence electrons. The van der Waals surface area contributed by atoms with Crippen molar-refractivity contribution in [3.8, 4) is 5.75 Å². The van der Waals surface area contributed by atoms with Crippen LogP contribution in [0.5, 0.6) is 5.75 Å². The molecule has 0 saturated heterocycles. The van der Waals surface area contributed by atoms with Crippen molar-refractivity contribution in [2.24, 2.45) is 11.8 Å². The van der Waals surface area contributed by atoms with Crippen LogP contribution in [0, 0.1) is 17.7 Å². The van der Waals surface area contributed by atoms with Gasteiger partial charge in [0.05, 0.1) is 18.4 Å². The molecule has 0 spiro atoms. The van der Waals surface area contributed by atoms with Crippen molar-refractivity contribution in [2.45, 2.75) is 19.9 Å². The Morgan fingerprint density at radius 1 is 1.45 bits per heavy atom. The predicted molar refractivity (Wildman–Crippen MR) is 68.6 cm³/mol. The summed E-state index contributed by atoms with van der Waals surface area (Å²) in [6.07, 6.45) is 0.374. The van der Waals surface area contributed by atoms with E-state index in [1.165, 1.54) is 12.1 Å². The number of amides is 1. The summed E-state index contributed by atoms with van der Waals surface area (Å²) in [7, 11) is 0. The molecule has 0 bridgehead atoms. The fourth-order valence-electron chi connectivity index (χ4n) is 2.00. The highest BCUT2D eigenvalue weighted by Gasteiger charge is 2.48. The van der Waals surface area contributed by atoms with Crippen LogP contribution in [-0.2, 0) is 16.1 Å². The predicted octanol–water partition coefficient (Wildman–Crippen LogP) is 1.56. The van der Waals surface area contributed by atoms with Crippen molar-refractivity contribution in [3.63, 3.8) is 0 Å². The molecule has 20 heavy (non-hydrogen) atoms. The van der Waals surface area contributed by atoms with Crippen molar-refractivity contribution in [3.05, 3.63) is 29.6 Å². The molecule has 2 N–H and O–H groups in total. The highest BCUT2D eigenvalue weighted by atomic mass is 19.1. The smallest absolute Gasteiger partial charge is 0.307 e. The first-order valence-electron chi connectivity index (χ1n) is 6.44. The lowest BCUT2D eigenvalue weighted by atomic mass is 10.2. The SMILES string of the molecule is CCOc1ccc(CNC(=O)[C@H]2C[C@@H]2C(=O)O)cc1F. The van der Waals surface area contributed by atoms with Gasteiger partial charge in [-0.1, -0.05) is 6.07 Å². The molecule has 1 aromatic rings. The average Bonchev–Trinajstić information content (AvgIpc) is 3.19. The second-order valence-corrected chi connectivity index (χ2v) is 4.70. The van der Waals surface area contributed by atoms with E-state index >= 15 is 0 Å². The largest absolute Gasteiger partial charge is 0.491 e. The van der Waals surface area contributed by atoms with E-state index in [-0.39, 0.29) is 18.2 Å². The third-order valence-corrected chi connectivity index (χ3v) is 3.21. The van der Waals surface area contributed by atoms with Crippen molar-refractivity contribution in [1.29, 1.82) is 0 Å². The minimum atomic E-state index is -0.947. The van der Waals surface area contributed by atoms with E-state index < -0.39 is 23.6 Å². The molecule has 1 saturated carbocycles. The molecule has 0 aromatic heterocycles. The number of aliphatic carboxylic acids is 1. The molecule has 0 unspecified atom stereocenters. The quantitative estimate of drug-likeness (QED) is 0.829. The average molecular weight is 281 g/mol. The van der Waals surface area contributed by atoms with Gasteiger partial charge in [-0.05, 0) is 31.0 Å². The fraction of sp³-hybridized carbons (Fsp3) is 0.429. The summed E-state index contributed by atoms with van der Waals surface area (Å²) in [6.45, 7) is 2.32. The third-order valence-electron chi connectivity index (χ3n) is 3.21. The summed E-state index contributed by atoms with van der Waals surface area (Å²) < 4.78 is 18.7. The monoisotopic (exact) mass is 281 g/mol. The van der Waals surface area contributed by atoms with E-state index in [0.29, 0.717) is 18.6 Å².